The number of rotatable bonds is 7. The Morgan fingerprint density at radius 1 is 1.07 bits per heavy atom. The van der Waals surface area contributed by atoms with Crippen molar-refractivity contribution in [2.45, 2.75) is 31.5 Å². The van der Waals surface area contributed by atoms with E-state index in [4.69, 9.17) is 4.74 Å². The number of amides is 1. The number of nitrogens with zero attached hydrogens (tertiary/aromatic N) is 1. The molecule has 1 aliphatic heterocycles. The molecule has 1 fully saturated rings. The Morgan fingerprint density at radius 2 is 1.78 bits per heavy atom. The molecule has 2 aromatic carbocycles. The molecule has 5 nitrogen and oxygen atoms in total. The van der Waals surface area contributed by atoms with Crippen LogP contribution in [0.4, 0.5) is 4.39 Å². The second kappa shape index (κ2) is 8.68. The molecule has 1 heterocycles. The molecule has 1 amide bonds. The van der Waals surface area contributed by atoms with Crippen LogP contribution in [-0.4, -0.2) is 35.7 Å². The molecule has 0 aliphatic carbocycles. The standard InChI is InChI=1S/C21H20FNO4/c22-17-11-9-16(10-12-17)19(25)7-4-8-20(26)23-18(14-27-21(23)13-24)15-5-2-1-3-6-15/h1-3,5-6,9-13,18,21H,4,7-8,14H2. The van der Waals surface area contributed by atoms with Gasteiger partial charge in [0.15, 0.2) is 18.3 Å². The summed E-state index contributed by atoms with van der Waals surface area (Å²) >= 11 is 0. The van der Waals surface area contributed by atoms with Gasteiger partial charge in [-0.15, -0.1) is 0 Å². The number of Topliss-reactive ketones (excluding diaryl/α,β-unsaturated/α-hetero) is 1. The molecule has 0 bridgehead atoms. The van der Waals surface area contributed by atoms with E-state index in [9.17, 15) is 18.8 Å². The lowest BCUT2D eigenvalue weighted by atomic mass is 10.0. The van der Waals surface area contributed by atoms with E-state index in [0.717, 1.165) is 5.56 Å². The monoisotopic (exact) mass is 369 g/mol. The van der Waals surface area contributed by atoms with Crippen LogP contribution in [0.3, 0.4) is 0 Å². The van der Waals surface area contributed by atoms with Crippen LogP contribution < -0.4 is 0 Å². The summed E-state index contributed by atoms with van der Waals surface area (Å²) in [5, 5.41) is 0. The predicted molar refractivity (Wildman–Crippen MR) is 96.4 cm³/mol. The fourth-order valence-corrected chi connectivity index (χ4v) is 3.19. The molecular weight excluding hydrogens is 349 g/mol. The molecule has 140 valence electrons. The number of hydrogen-bond donors (Lipinski definition) is 0. The molecule has 1 saturated heterocycles. The third-order valence-corrected chi connectivity index (χ3v) is 4.58. The van der Waals surface area contributed by atoms with Crippen molar-refractivity contribution in [3.8, 4) is 0 Å². The van der Waals surface area contributed by atoms with Crippen molar-refractivity contribution in [1.82, 2.24) is 4.90 Å². The van der Waals surface area contributed by atoms with Crippen LogP contribution in [0.25, 0.3) is 0 Å². The quantitative estimate of drug-likeness (QED) is 0.555. The topological polar surface area (TPSA) is 63.7 Å². The molecule has 2 atom stereocenters. The number of carbonyl (C=O) groups excluding carboxylic acids is 3. The Labute approximate surface area is 156 Å². The van der Waals surface area contributed by atoms with Crippen LogP contribution in [0.15, 0.2) is 54.6 Å². The van der Waals surface area contributed by atoms with Crippen LogP contribution >= 0.6 is 0 Å². The van der Waals surface area contributed by atoms with Crippen LogP contribution in [0.5, 0.6) is 0 Å². The van der Waals surface area contributed by atoms with Gasteiger partial charge >= 0.3 is 0 Å². The Kier molecular flexibility index (Phi) is 6.08. The van der Waals surface area contributed by atoms with E-state index >= 15 is 0 Å². The highest BCUT2D eigenvalue weighted by Gasteiger charge is 2.38. The van der Waals surface area contributed by atoms with Crippen molar-refractivity contribution in [3.63, 3.8) is 0 Å². The zero-order valence-electron chi connectivity index (χ0n) is 14.7. The Morgan fingerprint density at radius 3 is 2.44 bits per heavy atom. The van der Waals surface area contributed by atoms with E-state index < -0.39 is 12.0 Å². The van der Waals surface area contributed by atoms with Crippen molar-refractivity contribution in [2.24, 2.45) is 0 Å². The van der Waals surface area contributed by atoms with Crippen LogP contribution in [0.1, 0.15) is 41.2 Å². The number of hydrogen-bond acceptors (Lipinski definition) is 4. The number of carbonyl (C=O) groups is 3. The maximum Gasteiger partial charge on any atom is 0.225 e. The Hall–Kier alpha value is -2.86. The summed E-state index contributed by atoms with van der Waals surface area (Å²) in [7, 11) is 0. The van der Waals surface area contributed by atoms with Gasteiger partial charge in [-0.1, -0.05) is 30.3 Å². The number of benzene rings is 2. The Balaban J connectivity index is 1.60. The first kappa shape index (κ1) is 18.9. The molecule has 0 aromatic heterocycles. The maximum absolute atomic E-state index is 12.9. The number of ether oxygens (including phenoxy) is 1. The van der Waals surface area contributed by atoms with E-state index in [2.05, 4.69) is 0 Å². The highest BCUT2D eigenvalue weighted by molar-refractivity contribution is 5.96. The van der Waals surface area contributed by atoms with E-state index in [-0.39, 0.29) is 37.2 Å². The highest BCUT2D eigenvalue weighted by atomic mass is 19.1. The summed E-state index contributed by atoms with van der Waals surface area (Å²) < 4.78 is 18.4. The smallest absolute Gasteiger partial charge is 0.225 e. The fraction of sp³-hybridized carbons (Fsp3) is 0.286. The van der Waals surface area contributed by atoms with Gasteiger partial charge in [0.2, 0.25) is 5.91 Å². The highest BCUT2D eigenvalue weighted by Crippen LogP contribution is 2.30. The zero-order valence-corrected chi connectivity index (χ0v) is 14.7. The van der Waals surface area contributed by atoms with E-state index in [0.29, 0.717) is 18.3 Å². The largest absolute Gasteiger partial charge is 0.349 e. The van der Waals surface area contributed by atoms with Crippen LogP contribution in [-0.2, 0) is 14.3 Å². The van der Waals surface area contributed by atoms with Gasteiger partial charge in [0.05, 0.1) is 12.6 Å². The third kappa shape index (κ3) is 4.46. The molecule has 27 heavy (non-hydrogen) atoms. The first-order chi connectivity index (χ1) is 13.1. The van der Waals surface area contributed by atoms with Crippen molar-refractivity contribution >= 4 is 18.0 Å². The van der Waals surface area contributed by atoms with Gasteiger partial charge in [-0.3, -0.25) is 14.4 Å². The van der Waals surface area contributed by atoms with Crippen LogP contribution in [0, 0.1) is 5.82 Å². The van der Waals surface area contributed by atoms with Gasteiger partial charge in [0.25, 0.3) is 0 Å². The number of aldehydes is 1. The molecule has 0 N–H and O–H groups in total. The maximum atomic E-state index is 12.9. The van der Waals surface area contributed by atoms with Gasteiger partial charge in [0, 0.05) is 18.4 Å². The molecule has 1 aliphatic rings. The number of ketones is 1. The Bertz CT molecular complexity index is 807. The first-order valence-corrected chi connectivity index (χ1v) is 8.82. The average molecular weight is 369 g/mol. The lowest BCUT2D eigenvalue weighted by molar-refractivity contribution is -0.142. The second-order valence-electron chi connectivity index (χ2n) is 6.37. The normalized spacial score (nSPS) is 19.1. The summed E-state index contributed by atoms with van der Waals surface area (Å²) in [5.41, 5.74) is 1.32. The summed E-state index contributed by atoms with van der Waals surface area (Å²) in [6.45, 7) is 0.258. The van der Waals surface area contributed by atoms with Gasteiger partial charge in [-0.2, -0.15) is 0 Å². The SMILES string of the molecule is O=CC1OCC(c2ccccc2)N1C(=O)CCCC(=O)c1ccc(F)cc1. The molecule has 3 rings (SSSR count). The van der Waals surface area contributed by atoms with E-state index in [1.54, 1.807) is 0 Å². The minimum absolute atomic E-state index is 0.129. The third-order valence-electron chi connectivity index (χ3n) is 4.58. The average Bonchev–Trinajstić information content (AvgIpc) is 3.13. The summed E-state index contributed by atoms with van der Waals surface area (Å²) in [6, 6.07) is 14.4. The summed E-state index contributed by atoms with van der Waals surface area (Å²) in [6.07, 6.45) is 0.358. The first-order valence-electron chi connectivity index (χ1n) is 8.82. The zero-order chi connectivity index (χ0) is 19.2. The summed E-state index contributed by atoms with van der Waals surface area (Å²) in [5.74, 6) is -0.778. The van der Waals surface area contributed by atoms with Crippen molar-refractivity contribution in [2.75, 3.05) is 6.61 Å². The molecule has 0 radical (unpaired) electrons. The molecule has 6 heteroatoms. The van der Waals surface area contributed by atoms with Gasteiger partial charge < -0.3 is 9.64 Å². The predicted octanol–water partition coefficient (Wildman–Crippen LogP) is 3.30. The van der Waals surface area contributed by atoms with E-state index in [1.165, 1.54) is 29.2 Å². The second-order valence-corrected chi connectivity index (χ2v) is 6.37. The molecular formula is C21H20FNO4. The van der Waals surface area contributed by atoms with E-state index in [1.807, 2.05) is 30.3 Å². The molecule has 2 unspecified atom stereocenters. The molecule has 0 spiro atoms. The van der Waals surface area contributed by atoms with Crippen molar-refractivity contribution in [3.05, 3.63) is 71.5 Å². The minimum atomic E-state index is -0.907. The van der Waals surface area contributed by atoms with Gasteiger partial charge in [-0.05, 0) is 36.2 Å². The lowest BCUT2D eigenvalue weighted by Gasteiger charge is -2.26. The molecule has 0 saturated carbocycles. The van der Waals surface area contributed by atoms with Crippen molar-refractivity contribution < 1.29 is 23.5 Å². The van der Waals surface area contributed by atoms with Crippen molar-refractivity contribution in [1.29, 1.82) is 0 Å². The van der Waals surface area contributed by atoms with Gasteiger partial charge in [-0.25, -0.2) is 4.39 Å². The summed E-state index contributed by atoms with van der Waals surface area (Å²) in [4.78, 5) is 37.6. The van der Waals surface area contributed by atoms with Crippen LogP contribution in [0.2, 0.25) is 0 Å². The van der Waals surface area contributed by atoms with Gasteiger partial charge in [0.1, 0.15) is 5.82 Å². The molecule has 2 aromatic rings. The number of halogens is 1. The fourth-order valence-electron chi connectivity index (χ4n) is 3.19. The minimum Gasteiger partial charge on any atom is -0.349 e. The lowest BCUT2D eigenvalue weighted by Crippen LogP contribution is -2.38.